The molecule has 2 heterocycles. The fourth-order valence-electron chi connectivity index (χ4n) is 13.7. The van der Waals surface area contributed by atoms with Gasteiger partial charge < -0.3 is 29.0 Å². The molecule has 0 radical (unpaired) electrons. The maximum absolute atomic E-state index is 12.9. The molecule has 8 rings (SSSR count). The van der Waals surface area contributed by atoms with Crippen LogP contribution in [0.1, 0.15) is 105 Å². The van der Waals surface area contributed by atoms with E-state index in [1.807, 2.05) is 11.0 Å². The zero-order chi connectivity index (χ0) is 33.1. The number of morpholine rings is 1. The molecule has 5 unspecified atom stereocenters. The maximum Gasteiger partial charge on any atom is 0.330 e. The molecule has 0 aromatic carbocycles. The van der Waals surface area contributed by atoms with Crippen molar-refractivity contribution in [2.45, 2.75) is 136 Å². The van der Waals surface area contributed by atoms with E-state index in [1.165, 1.54) is 51.7 Å². The summed E-state index contributed by atoms with van der Waals surface area (Å²) in [6, 6.07) is 0. The number of carbonyl (C=O) groups excluding carboxylic acids is 2. The lowest BCUT2D eigenvalue weighted by Crippen LogP contribution is -2.60. The van der Waals surface area contributed by atoms with Gasteiger partial charge in [-0.1, -0.05) is 34.6 Å². The summed E-state index contributed by atoms with van der Waals surface area (Å²) in [4.78, 5) is 26.7. The van der Waals surface area contributed by atoms with Gasteiger partial charge in [-0.25, -0.2) is 4.79 Å². The van der Waals surface area contributed by atoms with Gasteiger partial charge in [0.2, 0.25) is 5.91 Å². The number of nitrogens with zero attached hydrogens (tertiary/aromatic N) is 1. The second-order valence-corrected chi connectivity index (χ2v) is 18.3. The van der Waals surface area contributed by atoms with E-state index in [4.69, 9.17) is 18.9 Å². The van der Waals surface area contributed by atoms with Crippen molar-refractivity contribution in [1.82, 2.24) is 4.90 Å². The van der Waals surface area contributed by atoms with Crippen LogP contribution in [0.2, 0.25) is 0 Å². The largest absolute Gasteiger partial charge is 0.466 e. The van der Waals surface area contributed by atoms with Gasteiger partial charge >= 0.3 is 5.97 Å². The number of amides is 1. The van der Waals surface area contributed by atoms with Crippen LogP contribution < -0.4 is 0 Å². The summed E-state index contributed by atoms with van der Waals surface area (Å²) in [7, 11) is 1.40. The SMILES string of the molecule is COC(=O)/C=C/C1C[C@@H](C)C2C(O1)[C@H](O)[C@@]1(C)[C@@H]3CC[C@H]4C(C)(C)[C@@H](OC5CN(C(=O)CC6CC6)CCO5)CC[C@@]45CC35CC[C@]21C. The van der Waals surface area contributed by atoms with Crippen molar-refractivity contribution in [2.24, 2.45) is 56.7 Å². The normalized spacial score (nSPS) is 51.3. The molecular weight excluding hydrogens is 594 g/mol. The van der Waals surface area contributed by atoms with E-state index in [1.54, 1.807) is 0 Å². The molecule has 13 atom stereocenters. The molecule has 1 amide bonds. The van der Waals surface area contributed by atoms with Crippen LogP contribution in [0.25, 0.3) is 0 Å². The van der Waals surface area contributed by atoms with Crippen molar-refractivity contribution < 1.29 is 33.6 Å². The van der Waals surface area contributed by atoms with Crippen LogP contribution in [0, 0.1) is 56.7 Å². The Morgan fingerprint density at radius 2 is 1.74 bits per heavy atom. The van der Waals surface area contributed by atoms with Crippen LogP contribution in [0.5, 0.6) is 0 Å². The number of methoxy groups -OCH3 is 1. The lowest BCUT2D eigenvalue weighted by atomic mass is 9.41. The minimum Gasteiger partial charge on any atom is -0.466 e. The Bertz CT molecular complexity index is 1310. The third kappa shape index (κ3) is 4.58. The van der Waals surface area contributed by atoms with Gasteiger partial charge in [-0.2, -0.15) is 0 Å². The highest BCUT2D eigenvalue weighted by atomic mass is 16.7. The predicted octanol–water partition coefficient (Wildman–Crippen LogP) is 5.90. The van der Waals surface area contributed by atoms with Crippen molar-refractivity contribution in [2.75, 3.05) is 26.8 Å². The van der Waals surface area contributed by atoms with Crippen LogP contribution in [0.15, 0.2) is 12.2 Å². The van der Waals surface area contributed by atoms with Crippen molar-refractivity contribution in [3.05, 3.63) is 12.2 Å². The molecule has 2 saturated heterocycles. The topological polar surface area (TPSA) is 94.5 Å². The first-order valence-corrected chi connectivity index (χ1v) is 19.0. The van der Waals surface area contributed by atoms with Crippen LogP contribution >= 0.6 is 0 Å². The molecule has 47 heavy (non-hydrogen) atoms. The summed E-state index contributed by atoms with van der Waals surface area (Å²) in [6.07, 6.45) is 14.3. The van der Waals surface area contributed by atoms with E-state index in [2.05, 4.69) is 34.6 Å². The molecule has 0 aromatic rings. The Morgan fingerprint density at radius 3 is 2.49 bits per heavy atom. The number of esters is 1. The highest BCUT2D eigenvalue weighted by molar-refractivity contribution is 5.81. The lowest BCUT2D eigenvalue weighted by Gasteiger charge is -2.63. The molecule has 6 saturated carbocycles. The molecule has 8 aliphatic rings. The van der Waals surface area contributed by atoms with E-state index in [-0.39, 0.29) is 58.1 Å². The number of fused-ring (bicyclic) bond motifs is 4. The van der Waals surface area contributed by atoms with Crippen molar-refractivity contribution in [3.63, 3.8) is 0 Å². The summed E-state index contributed by atoms with van der Waals surface area (Å²) in [5.41, 5.74) is 0.402. The minimum absolute atomic E-state index is 0.0109. The number of carbonyl (C=O) groups is 2. The lowest BCUT2D eigenvalue weighted by molar-refractivity contribution is -0.248. The van der Waals surface area contributed by atoms with E-state index in [9.17, 15) is 14.7 Å². The van der Waals surface area contributed by atoms with Gasteiger partial charge in [0.05, 0.1) is 44.7 Å². The van der Waals surface area contributed by atoms with Crippen molar-refractivity contribution in [1.29, 1.82) is 0 Å². The van der Waals surface area contributed by atoms with Crippen molar-refractivity contribution in [3.8, 4) is 0 Å². The van der Waals surface area contributed by atoms with Gasteiger partial charge in [-0.15, -0.1) is 0 Å². The third-order valence-corrected chi connectivity index (χ3v) is 16.3. The standard InChI is InChI=1S/C39H59NO7/c1-23-19-25(9-12-30(42)44-6)46-33-32(23)36(4)15-16-39-22-38(39)14-13-28(35(2,3)26(38)10-11-27(39)37(36,5)34(33)43)47-31-21-40(17-18-45-31)29(41)20-24-7-8-24/h9,12,23-28,31-34,43H,7-8,10-11,13-22H2,1-6H3/b12-9+/t23-,25?,26+,27+,28+,31?,32?,33?,34+,36-,37-,38-,39?/m1/s1. The number of ether oxygens (including phenoxy) is 4. The first-order valence-electron chi connectivity index (χ1n) is 19.0. The maximum atomic E-state index is 12.9. The molecule has 2 aliphatic heterocycles. The second-order valence-electron chi connectivity index (χ2n) is 18.3. The second kappa shape index (κ2) is 11.0. The van der Waals surface area contributed by atoms with Gasteiger partial charge in [0.25, 0.3) is 0 Å². The molecule has 2 spiro atoms. The Kier molecular flexibility index (Phi) is 7.66. The zero-order valence-corrected chi connectivity index (χ0v) is 29.7. The van der Waals surface area contributed by atoms with E-state index in [0.717, 1.165) is 25.7 Å². The van der Waals surface area contributed by atoms with Gasteiger partial charge in [0.1, 0.15) is 0 Å². The Labute approximate surface area is 281 Å². The summed E-state index contributed by atoms with van der Waals surface area (Å²) in [5, 5.41) is 12.4. The highest BCUT2D eigenvalue weighted by Gasteiger charge is 2.84. The average Bonchev–Trinajstić information content (AvgIpc) is 3.96. The number of hydrogen-bond donors (Lipinski definition) is 1. The fourth-order valence-corrected chi connectivity index (χ4v) is 13.7. The zero-order valence-electron chi connectivity index (χ0n) is 29.7. The van der Waals surface area contributed by atoms with Crippen LogP contribution in [0.4, 0.5) is 0 Å². The summed E-state index contributed by atoms with van der Waals surface area (Å²) in [5.74, 6) is 2.26. The molecule has 0 bridgehead atoms. The van der Waals surface area contributed by atoms with Gasteiger partial charge in [0, 0.05) is 24.5 Å². The average molecular weight is 654 g/mol. The molecule has 6 aliphatic carbocycles. The molecule has 262 valence electrons. The number of rotatable bonds is 6. The Hall–Kier alpha value is -1.48. The highest BCUT2D eigenvalue weighted by Crippen LogP contribution is 2.89. The molecular formula is C39H59NO7. The molecule has 8 nitrogen and oxygen atoms in total. The minimum atomic E-state index is -0.521. The van der Waals surface area contributed by atoms with Crippen molar-refractivity contribution >= 4 is 11.9 Å². The first-order chi connectivity index (χ1) is 22.3. The van der Waals surface area contributed by atoms with Gasteiger partial charge in [-0.3, -0.25) is 4.79 Å². The monoisotopic (exact) mass is 653 g/mol. The van der Waals surface area contributed by atoms with Gasteiger partial charge in [-0.05, 0) is 122 Å². The van der Waals surface area contributed by atoms with E-state index < -0.39 is 6.10 Å². The summed E-state index contributed by atoms with van der Waals surface area (Å²) < 4.78 is 24.5. The molecule has 1 N–H and O–H groups in total. The van der Waals surface area contributed by atoms with Crippen LogP contribution in [-0.2, 0) is 28.5 Å². The van der Waals surface area contributed by atoms with E-state index >= 15 is 0 Å². The molecule has 8 heteroatoms. The predicted molar refractivity (Wildman–Crippen MR) is 176 cm³/mol. The Morgan fingerprint density at radius 1 is 1.00 bits per heavy atom. The number of hydrogen-bond acceptors (Lipinski definition) is 7. The summed E-state index contributed by atoms with van der Waals surface area (Å²) >= 11 is 0. The van der Waals surface area contributed by atoms with E-state index in [0.29, 0.717) is 61.1 Å². The number of aliphatic hydroxyl groups excluding tert-OH is 1. The third-order valence-electron chi connectivity index (χ3n) is 16.3. The number of aliphatic hydroxyl groups is 1. The van der Waals surface area contributed by atoms with Crippen LogP contribution in [-0.4, -0.2) is 79.4 Å². The summed E-state index contributed by atoms with van der Waals surface area (Å²) in [6.45, 7) is 13.9. The smallest absolute Gasteiger partial charge is 0.330 e. The molecule has 8 fully saturated rings. The first kappa shape index (κ1) is 32.7. The van der Waals surface area contributed by atoms with Crippen LogP contribution in [0.3, 0.4) is 0 Å². The molecule has 0 aromatic heterocycles. The quantitative estimate of drug-likeness (QED) is 0.282. The fraction of sp³-hybridized carbons (Fsp3) is 0.897. The Balaban J connectivity index is 0.997. The van der Waals surface area contributed by atoms with Gasteiger partial charge in [0.15, 0.2) is 6.29 Å².